The molecule has 5 nitrogen and oxygen atoms in total. The predicted octanol–water partition coefficient (Wildman–Crippen LogP) is 2.59. The van der Waals surface area contributed by atoms with Crippen molar-refractivity contribution < 1.29 is 17.6 Å². The van der Waals surface area contributed by atoms with E-state index in [0.717, 1.165) is 0 Å². The molecule has 0 unspecified atom stereocenters. The van der Waals surface area contributed by atoms with Crippen LogP contribution in [0.1, 0.15) is 5.56 Å². The van der Waals surface area contributed by atoms with Gasteiger partial charge in [0.05, 0.1) is 4.90 Å². The Balaban J connectivity index is 1.79. The number of nitrogens with one attached hydrogen (secondary N) is 2. The molecule has 0 saturated heterocycles. The average Bonchev–Trinajstić information content (AvgIpc) is 2.57. The summed E-state index contributed by atoms with van der Waals surface area (Å²) in [7, 11) is -3.69. The van der Waals surface area contributed by atoms with Crippen LogP contribution in [0, 0.1) is 5.82 Å². The SMILES string of the molecule is O=C(/C=C/c1cccc(F)c1)NCCNS(=O)(=O)c1cccc(Cl)c1. The second kappa shape index (κ2) is 8.75. The number of sulfonamides is 1. The second-order valence-electron chi connectivity index (χ2n) is 5.03. The molecule has 132 valence electrons. The van der Waals surface area contributed by atoms with Crippen molar-refractivity contribution >= 4 is 33.6 Å². The Morgan fingerprint density at radius 1 is 1.12 bits per heavy atom. The van der Waals surface area contributed by atoms with E-state index in [1.54, 1.807) is 12.1 Å². The summed E-state index contributed by atoms with van der Waals surface area (Å²) in [4.78, 5) is 11.7. The first-order valence-electron chi connectivity index (χ1n) is 7.33. The van der Waals surface area contributed by atoms with Crippen molar-refractivity contribution in [3.05, 3.63) is 71.0 Å². The third-order valence-corrected chi connectivity index (χ3v) is 4.79. The number of benzene rings is 2. The Hall–Kier alpha value is -2.22. The lowest BCUT2D eigenvalue weighted by Gasteiger charge is -2.07. The minimum Gasteiger partial charge on any atom is -0.351 e. The maximum Gasteiger partial charge on any atom is 0.244 e. The minimum atomic E-state index is -3.69. The molecule has 2 aromatic carbocycles. The van der Waals surface area contributed by atoms with Gasteiger partial charge in [0.2, 0.25) is 15.9 Å². The van der Waals surface area contributed by atoms with E-state index in [4.69, 9.17) is 11.6 Å². The summed E-state index contributed by atoms with van der Waals surface area (Å²) < 4.78 is 39.5. The van der Waals surface area contributed by atoms with Crippen LogP contribution in [0.15, 0.2) is 59.5 Å². The zero-order valence-electron chi connectivity index (χ0n) is 13.1. The van der Waals surface area contributed by atoms with Crippen molar-refractivity contribution in [2.24, 2.45) is 0 Å². The molecule has 0 atom stereocenters. The van der Waals surface area contributed by atoms with E-state index >= 15 is 0 Å². The molecule has 2 N–H and O–H groups in total. The quantitative estimate of drug-likeness (QED) is 0.571. The summed E-state index contributed by atoms with van der Waals surface area (Å²) in [5.41, 5.74) is 0.553. The molecule has 0 aliphatic heterocycles. The summed E-state index contributed by atoms with van der Waals surface area (Å²) >= 11 is 5.77. The normalized spacial score (nSPS) is 11.6. The van der Waals surface area contributed by atoms with Crippen molar-refractivity contribution in [3.8, 4) is 0 Å². The molecule has 0 radical (unpaired) electrons. The molecular formula is C17H16ClFN2O3S. The van der Waals surface area contributed by atoms with E-state index in [2.05, 4.69) is 10.0 Å². The molecule has 2 rings (SSSR count). The van der Waals surface area contributed by atoms with Crippen molar-refractivity contribution in [3.63, 3.8) is 0 Å². The summed E-state index contributed by atoms with van der Waals surface area (Å²) in [6.07, 6.45) is 2.72. The Morgan fingerprint density at radius 3 is 2.60 bits per heavy atom. The Labute approximate surface area is 150 Å². The van der Waals surface area contributed by atoms with Crippen molar-refractivity contribution in [2.45, 2.75) is 4.90 Å². The highest BCUT2D eigenvalue weighted by Crippen LogP contribution is 2.14. The standard InChI is InChI=1S/C17H16ClFN2O3S/c18-14-4-2-6-16(12-14)25(23,24)21-10-9-20-17(22)8-7-13-3-1-5-15(19)11-13/h1-8,11-12,21H,9-10H2,(H,20,22)/b8-7+. The highest BCUT2D eigenvalue weighted by atomic mass is 35.5. The fourth-order valence-corrected chi connectivity index (χ4v) is 3.26. The highest BCUT2D eigenvalue weighted by Gasteiger charge is 2.13. The fraction of sp³-hybridized carbons (Fsp3) is 0.118. The molecule has 1 amide bonds. The van der Waals surface area contributed by atoms with Gasteiger partial charge < -0.3 is 5.32 Å². The van der Waals surface area contributed by atoms with Gasteiger partial charge in [0.15, 0.2) is 0 Å². The topological polar surface area (TPSA) is 75.3 Å². The van der Waals surface area contributed by atoms with Crippen LogP contribution in [0.25, 0.3) is 6.08 Å². The van der Waals surface area contributed by atoms with Crippen LogP contribution in [0.5, 0.6) is 0 Å². The largest absolute Gasteiger partial charge is 0.351 e. The summed E-state index contributed by atoms with van der Waals surface area (Å²) in [6.45, 7) is 0.126. The van der Waals surface area contributed by atoms with Crippen molar-refractivity contribution in [1.82, 2.24) is 10.0 Å². The lowest BCUT2D eigenvalue weighted by Crippen LogP contribution is -2.34. The first kappa shape index (κ1) is 19.1. The lowest BCUT2D eigenvalue weighted by molar-refractivity contribution is -0.116. The third-order valence-electron chi connectivity index (χ3n) is 3.10. The van der Waals surface area contributed by atoms with Crippen molar-refractivity contribution in [1.29, 1.82) is 0 Å². The third kappa shape index (κ3) is 6.30. The van der Waals surface area contributed by atoms with Crippen LogP contribution in [0.3, 0.4) is 0 Å². The van der Waals surface area contributed by atoms with E-state index in [9.17, 15) is 17.6 Å². The molecule has 0 aliphatic rings. The van der Waals surface area contributed by atoms with Crippen LogP contribution in [-0.4, -0.2) is 27.4 Å². The van der Waals surface area contributed by atoms with Crippen LogP contribution in [-0.2, 0) is 14.8 Å². The van der Waals surface area contributed by atoms with E-state index in [0.29, 0.717) is 10.6 Å². The van der Waals surface area contributed by atoms with Gasteiger partial charge in [-0.3, -0.25) is 4.79 Å². The number of rotatable bonds is 7. The van der Waals surface area contributed by atoms with Gasteiger partial charge in [-0.05, 0) is 42.0 Å². The molecule has 0 bridgehead atoms. The molecule has 0 aliphatic carbocycles. The van der Waals surface area contributed by atoms with Gasteiger partial charge in [-0.1, -0.05) is 29.8 Å². The summed E-state index contributed by atoms with van der Waals surface area (Å²) in [6, 6.07) is 11.7. The molecule has 0 heterocycles. The Morgan fingerprint density at radius 2 is 1.88 bits per heavy atom. The zero-order chi connectivity index (χ0) is 18.3. The average molecular weight is 383 g/mol. The van der Waals surface area contributed by atoms with Gasteiger partial charge in [0.1, 0.15) is 5.82 Å². The number of carbonyl (C=O) groups excluding carboxylic acids is 1. The number of amides is 1. The molecule has 0 fully saturated rings. The molecular weight excluding hydrogens is 367 g/mol. The summed E-state index contributed by atoms with van der Waals surface area (Å²) in [5.74, 6) is -0.802. The smallest absolute Gasteiger partial charge is 0.244 e. The van der Waals surface area contributed by atoms with Crippen molar-refractivity contribution in [2.75, 3.05) is 13.1 Å². The van der Waals surface area contributed by atoms with Gasteiger partial charge in [-0.15, -0.1) is 0 Å². The van der Waals surface area contributed by atoms with Gasteiger partial charge >= 0.3 is 0 Å². The molecule has 8 heteroatoms. The van der Waals surface area contributed by atoms with Crippen LogP contribution < -0.4 is 10.0 Å². The fourth-order valence-electron chi connectivity index (χ4n) is 1.93. The first-order chi connectivity index (χ1) is 11.9. The van der Waals surface area contributed by atoms with Gasteiger partial charge in [0.25, 0.3) is 0 Å². The molecule has 25 heavy (non-hydrogen) atoms. The van der Waals surface area contributed by atoms with E-state index < -0.39 is 21.7 Å². The maximum atomic E-state index is 13.0. The molecule has 0 saturated carbocycles. The highest BCUT2D eigenvalue weighted by molar-refractivity contribution is 7.89. The van der Waals surface area contributed by atoms with E-state index in [1.165, 1.54) is 48.6 Å². The molecule has 0 spiro atoms. The number of hydrogen-bond donors (Lipinski definition) is 2. The Kier molecular flexibility index (Phi) is 6.69. The Bertz CT molecular complexity index is 885. The van der Waals surface area contributed by atoms with E-state index in [1.807, 2.05) is 0 Å². The summed E-state index contributed by atoms with van der Waals surface area (Å²) in [5, 5.41) is 2.85. The number of carbonyl (C=O) groups is 1. The molecule has 0 aromatic heterocycles. The minimum absolute atomic E-state index is 0.0222. The van der Waals surface area contributed by atoms with Gasteiger partial charge in [0, 0.05) is 24.2 Å². The van der Waals surface area contributed by atoms with Crippen LogP contribution in [0.4, 0.5) is 4.39 Å². The second-order valence-corrected chi connectivity index (χ2v) is 7.24. The first-order valence-corrected chi connectivity index (χ1v) is 9.20. The number of hydrogen-bond acceptors (Lipinski definition) is 3. The van der Waals surface area contributed by atoms with Gasteiger partial charge in [-0.2, -0.15) is 0 Å². The predicted molar refractivity (Wildman–Crippen MR) is 95.1 cm³/mol. The molecule has 2 aromatic rings. The van der Waals surface area contributed by atoms with Crippen LogP contribution >= 0.6 is 11.6 Å². The number of halogens is 2. The zero-order valence-corrected chi connectivity index (χ0v) is 14.6. The van der Waals surface area contributed by atoms with E-state index in [-0.39, 0.29) is 18.0 Å². The van der Waals surface area contributed by atoms with Gasteiger partial charge in [-0.25, -0.2) is 17.5 Å². The monoisotopic (exact) mass is 382 g/mol. The maximum absolute atomic E-state index is 13.0. The lowest BCUT2D eigenvalue weighted by atomic mass is 10.2. The van der Waals surface area contributed by atoms with Crippen LogP contribution in [0.2, 0.25) is 5.02 Å².